The molecule has 27 heavy (non-hydrogen) atoms. The molecule has 9 heteroatoms. The zero-order valence-electron chi connectivity index (χ0n) is 14.9. The van der Waals surface area contributed by atoms with Crippen LogP contribution in [-0.4, -0.2) is 42.6 Å². The number of nitrogens with zero attached hydrogens (tertiary/aromatic N) is 4. The van der Waals surface area contributed by atoms with Gasteiger partial charge in [0.15, 0.2) is 9.84 Å². The number of aromatic nitrogens is 3. The summed E-state index contributed by atoms with van der Waals surface area (Å²) in [5, 5.41) is 8.30. The molecule has 140 valence electrons. The van der Waals surface area contributed by atoms with Crippen LogP contribution in [0.2, 0.25) is 0 Å². The fourth-order valence-corrected chi connectivity index (χ4v) is 3.23. The van der Waals surface area contributed by atoms with E-state index in [1.165, 1.54) is 21.7 Å². The van der Waals surface area contributed by atoms with Gasteiger partial charge in [-0.1, -0.05) is 17.3 Å². The molecule has 3 rings (SSSR count). The summed E-state index contributed by atoms with van der Waals surface area (Å²) in [7, 11) is -1.70. The lowest BCUT2D eigenvalue weighted by atomic mass is 10.2. The van der Waals surface area contributed by atoms with Crippen molar-refractivity contribution in [1.29, 1.82) is 0 Å². The largest absolute Gasteiger partial charge is 0.315 e. The van der Waals surface area contributed by atoms with Gasteiger partial charge in [0, 0.05) is 25.4 Å². The monoisotopic (exact) mass is 386 g/mol. The molecule has 1 aromatic heterocycles. The van der Waals surface area contributed by atoms with Gasteiger partial charge in [0.1, 0.15) is 5.52 Å². The lowest BCUT2D eigenvalue weighted by Crippen LogP contribution is -2.30. The molecule has 3 aromatic rings. The predicted octanol–water partition coefficient (Wildman–Crippen LogP) is 1.25. The molecule has 0 unspecified atom stereocenters. The Morgan fingerprint density at radius 3 is 2.44 bits per heavy atom. The maximum atomic E-state index is 12.4. The molecule has 1 amide bonds. The van der Waals surface area contributed by atoms with E-state index in [0.29, 0.717) is 16.6 Å². The van der Waals surface area contributed by atoms with Crippen LogP contribution in [0.4, 0.5) is 5.69 Å². The molecule has 0 radical (unpaired) electrons. The van der Waals surface area contributed by atoms with Gasteiger partial charge in [-0.15, -0.1) is 5.10 Å². The smallest absolute Gasteiger partial charge is 0.277 e. The van der Waals surface area contributed by atoms with Gasteiger partial charge < -0.3 is 4.90 Å². The molecule has 0 saturated carbocycles. The number of fused-ring (bicyclic) bond motifs is 1. The first kappa shape index (κ1) is 18.7. The van der Waals surface area contributed by atoms with E-state index in [-0.39, 0.29) is 29.3 Å². The van der Waals surface area contributed by atoms with Crippen LogP contribution in [0.1, 0.15) is 6.42 Å². The molecule has 0 aliphatic carbocycles. The van der Waals surface area contributed by atoms with E-state index in [2.05, 4.69) is 10.3 Å². The van der Waals surface area contributed by atoms with Crippen LogP contribution >= 0.6 is 0 Å². The van der Waals surface area contributed by atoms with Gasteiger partial charge in [0.05, 0.1) is 16.8 Å². The van der Waals surface area contributed by atoms with E-state index >= 15 is 0 Å². The van der Waals surface area contributed by atoms with E-state index in [0.717, 1.165) is 6.26 Å². The summed E-state index contributed by atoms with van der Waals surface area (Å²) in [6, 6.07) is 12.9. The Kier molecular flexibility index (Phi) is 5.04. The van der Waals surface area contributed by atoms with E-state index < -0.39 is 9.84 Å². The second-order valence-corrected chi connectivity index (χ2v) is 8.12. The molecule has 0 aliphatic rings. The van der Waals surface area contributed by atoms with Crippen molar-refractivity contribution in [3.05, 3.63) is 58.9 Å². The molecule has 1 heterocycles. The van der Waals surface area contributed by atoms with Crippen LogP contribution in [-0.2, 0) is 21.2 Å². The lowest BCUT2D eigenvalue weighted by Gasteiger charge is -2.17. The van der Waals surface area contributed by atoms with Gasteiger partial charge >= 0.3 is 0 Å². The third-order valence-corrected chi connectivity index (χ3v) is 5.32. The molecule has 0 aliphatic heterocycles. The van der Waals surface area contributed by atoms with Gasteiger partial charge in [-0.05, 0) is 36.4 Å². The van der Waals surface area contributed by atoms with Crippen molar-refractivity contribution in [1.82, 2.24) is 15.0 Å². The number of aryl methyl sites for hydroxylation is 1. The van der Waals surface area contributed by atoms with E-state index in [9.17, 15) is 18.0 Å². The Bertz CT molecular complexity index is 1150. The Hall–Kier alpha value is -3.07. The minimum absolute atomic E-state index is 0.0528. The van der Waals surface area contributed by atoms with Crippen LogP contribution in [0.15, 0.2) is 58.2 Å². The third kappa shape index (κ3) is 4.03. The van der Waals surface area contributed by atoms with Gasteiger partial charge in [-0.3, -0.25) is 9.59 Å². The average Bonchev–Trinajstić information content (AvgIpc) is 2.66. The first-order chi connectivity index (χ1) is 12.8. The molecule has 0 spiro atoms. The first-order valence-corrected chi connectivity index (χ1v) is 10.1. The number of anilines is 1. The zero-order chi connectivity index (χ0) is 19.6. The molecule has 0 N–H and O–H groups in total. The standard InChI is InChI=1S/C18H18N4O4S/c1-21(13-7-9-14(10-8-13)27(2,25)26)17(23)11-12-22-18(24)15-5-3-4-6-16(15)19-20-22/h3-10H,11-12H2,1-2H3. The topological polar surface area (TPSA) is 102 Å². The molecular formula is C18H18N4O4S. The third-order valence-electron chi connectivity index (χ3n) is 4.19. The molecule has 8 nitrogen and oxygen atoms in total. The summed E-state index contributed by atoms with van der Waals surface area (Å²) >= 11 is 0. The highest BCUT2D eigenvalue weighted by Gasteiger charge is 2.14. The normalized spacial score (nSPS) is 11.5. The summed E-state index contributed by atoms with van der Waals surface area (Å²) in [5.74, 6) is -0.232. The SMILES string of the molecule is CN(C(=O)CCn1nnc2ccccc2c1=O)c1ccc(S(C)(=O)=O)cc1. The second-order valence-electron chi connectivity index (χ2n) is 6.10. The van der Waals surface area contributed by atoms with Crippen molar-refractivity contribution < 1.29 is 13.2 Å². The number of hydrogen-bond donors (Lipinski definition) is 0. The van der Waals surface area contributed by atoms with Crippen LogP contribution in [0.25, 0.3) is 10.9 Å². The molecule has 0 bridgehead atoms. The number of benzene rings is 2. The number of amides is 1. The van der Waals surface area contributed by atoms with Crippen molar-refractivity contribution in [3.63, 3.8) is 0 Å². The number of hydrogen-bond acceptors (Lipinski definition) is 6. The Morgan fingerprint density at radius 2 is 1.78 bits per heavy atom. The fraction of sp³-hybridized carbons (Fsp3) is 0.222. The molecule has 0 saturated heterocycles. The number of rotatable bonds is 5. The van der Waals surface area contributed by atoms with Gasteiger partial charge in [0.2, 0.25) is 5.91 Å². The minimum Gasteiger partial charge on any atom is -0.315 e. The summed E-state index contributed by atoms with van der Waals surface area (Å²) in [5.41, 5.74) is 0.770. The number of carbonyl (C=O) groups excluding carboxylic acids is 1. The maximum absolute atomic E-state index is 12.4. The molecule has 0 atom stereocenters. The van der Waals surface area contributed by atoms with Crippen molar-refractivity contribution in [3.8, 4) is 0 Å². The summed E-state index contributed by atoms with van der Waals surface area (Å²) in [4.78, 5) is 26.4. The molecule has 0 fully saturated rings. The van der Waals surface area contributed by atoms with Gasteiger partial charge in [0.25, 0.3) is 5.56 Å². The highest BCUT2D eigenvalue weighted by atomic mass is 32.2. The van der Waals surface area contributed by atoms with E-state index in [1.807, 2.05) is 0 Å². The molecule has 2 aromatic carbocycles. The fourth-order valence-electron chi connectivity index (χ4n) is 2.60. The second kappa shape index (κ2) is 7.28. The average molecular weight is 386 g/mol. The zero-order valence-corrected chi connectivity index (χ0v) is 15.7. The number of carbonyl (C=O) groups is 1. The highest BCUT2D eigenvalue weighted by Crippen LogP contribution is 2.17. The maximum Gasteiger partial charge on any atom is 0.277 e. The van der Waals surface area contributed by atoms with Crippen molar-refractivity contribution in [2.75, 3.05) is 18.2 Å². The summed E-state index contributed by atoms with van der Waals surface area (Å²) < 4.78 is 24.2. The summed E-state index contributed by atoms with van der Waals surface area (Å²) in [6.45, 7) is 0.0985. The van der Waals surface area contributed by atoms with Crippen molar-refractivity contribution in [2.45, 2.75) is 17.9 Å². The van der Waals surface area contributed by atoms with Crippen LogP contribution in [0.5, 0.6) is 0 Å². The van der Waals surface area contributed by atoms with Gasteiger partial charge in [-0.25, -0.2) is 13.1 Å². The quantitative estimate of drug-likeness (QED) is 0.654. The Labute approximate surface area is 156 Å². The lowest BCUT2D eigenvalue weighted by molar-refractivity contribution is -0.118. The Morgan fingerprint density at radius 1 is 1.11 bits per heavy atom. The molecular weight excluding hydrogens is 368 g/mol. The minimum atomic E-state index is -3.29. The van der Waals surface area contributed by atoms with Crippen molar-refractivity contribution >= 4 is 32.3 Å². The van der Waals surface area contributed by atoms with Crippen LogP contribution in [0.3, 0.4) is 0 Å². The van der Waals surface area contributed by atoms with E-state index in [4.69, 9.17) is 0 Å². The Balaban J connectivity index is 1.72. The van der Waals surface area contributed by atoms with Crippen LogP contribution < -0.4 is 10.5 Å². The first-order valence-electron chi connectivity index (χ1n) is 8.16. The highest BCUT2D eigenvalue weighted by molar-refractivity contribution is 7.90. The van der Waals surface area contributed by atoms with Crippen LogP contribution in [0, 0.1) is 0 Å². The summed E-state index contributed by atoms with van der Waals surface area (Å²) in [6.07, 6.45) is 1.18. The predicted molar refractivity (Wildman–Crippen MR) is 101 cm³/mol. The van der Waals surface area contributed by atoms with Gasteiger partial charge in [-0.2, -0.15) is 0 Å². The van der Waals surface area contributed by atoms with Crippen molar-refractivity contribution in [2.24, 2.45) is 0 Å². The number of sulfone groups is 1. The van der Waals surface area contributed by atoms with E-state index in [1.54, 1.807) is 43.4 Å².